The van der Waals surface area contributed by atoms with Gasteiger partial charge in [-0.3, -0.25) is 9.59 Å². The second kappa shape index (κ2) is 7.42. The first-order valence-corrected chi connectivity index (χ1v) is 8.12. The maximum atomic E-state index is 12.1. The van der Waals surface area contributed by atoms with Gasteiger partial charge < -0.3 is 19.6 Å². The van der Waals surface area contributed by atoms with Crippen LogP contribution in [0.1, 0.15) is 37.5 Å². The lowest BCUT2D eigenvalue weighted by molar-refractivity contribution is -0.140. The molecule has 0 bridgehead atoms. The van der Waals surface area contributed by atoms with E-state index in [0.717, 1.165) is 27.7 Å². The van der Waals surface area contributed by atoms with E-state index < -0.39 is 17.9 Å². The van der Waals surface area contributed by atoms with Gasteiger partial charge in [0.2, 0.25) is 5.91 Å². The number of carbonyl (C=O) groups is 2. The molecule has 1 atom stereocenters. The molecular weight excluding hydrogens is 322 g/mol. The Morgan fingerprint density at radius 2 is 2.08 bits per heavy atom. The molecule has 0 aliphatic carbocycles. The van der Waals surface area contributed by atoms with Crippen molar-refractivity contribution in [3.05, 3.63) is 35.1 Å². The van der Waals surface area contributed by atoms with Crippen LogP contribution in [0.5, 0.6) is 5.75 Å². The summed E-state index contributed by atoms with van der Waals surface area (Å²) in [6.45, 7) is 9.45. The number of ether oxygens (including phenoxy) is 1. The molecule has 1 aromatic carbocycles. The van der Waals surface area contributed by atoms with Crippen molar-refractivity contribution in [3.63, 3.8) is 0 Å². The number of aliphatic carboxylic acids is 1. The van der Waals surface area contributed by atoms with Gasteiger partial charge in [-0.2, -0.15) is 0 Å². The topological polar surface area (TPSA) is 88.8 Å². The predicted molar refractivity (Wildman–Crippen MR) is 95.7 cm³/mol. The fraction of sp³-hybridized carbons (Fsp3) is 0.368. The number of aryl methyl sites for hydroxylation is 2. The highest BCUT2D eigenvalue weighted by molar-refractivity contribution is 5.99. The van der Waals surface area contributed by atoms with Crippen LogP contribution >= 0.6 is 0 Å². The third-order valence-corrected chi connectivity index (χ3v) is 4.03. The summed E-state index contributed by atoms with van der Waals surface area (Å²) in [7, 11) is 0. The molecule has 2 aromatic rings. The first-order chi connectivity index (χ1) is 11.8. The van der Waals surface area contributed by atoms with Crippen molar-refractivity contribution in [2.45, 2.75) is 40.7 Å². The summed E-state index contributed by atoms with van der Waals surface area (Å²) in [6.07, 6.45) is 3.08. The van der Waals surface area contributed by atoms with E-state index in [1.165, 1.54) is 13.0 Å². The molecule has 1 aromatic heterocycles. The minimum atomic E-state index is -1.08. The van der Waals surface area contributed by atoms with Crippen molar-refractivity contribution in [2.75, 3.05) is 6.61 Å². The van der Waals surface area contributed by atoms with Crippen molar-refractivity contribution in [3.8, 4) is 5.75 Å². The summed E-state index contributed by atoms with van der Waals surface area (Å²) in [6, 6.07) is 0.981. The van der Waals surface area contributed by atoms with Gasteiger partial charge in [0.25, 0.3) is 0 Å². The van der Waals surface area contributed by atoms with E-state index >= 15 is 0 Å². The summed E-state index contributed by atoms with van der Waals surface area (Å²) < 4.78 is 11.4. The molecule has 0 fully saturated rings. The van der Waals surface area contributed by atoms with Crippen molar-refractivity contribution in [1.82, 2.24) is 5.32 Å². The smallest absolute Gasteiger partial charge is 0.325 e. The highest BCUT2D eigenvalue weighted by Gasteiger charge is 2.18. The average Bonchev–Trinajstić information content (AvgIpc) is 2.91. The zero-order valence-electron chi connectivity index (χ0n) is 15.1. The molecule has 2 rings (SSSR count). The quantitative estimate of drug-likeness (QED) is 0.783. The van der Waals surface area contributed by atoms with Gasteiger partial charge in [-0.15, -0.1) is 0 Å². The van der Waals surface area contributed by atoms with Crippen LogP contribution < -0.4 is 10.1 Å². The van der Waals surface area contributed by atoms with Gasteiger partial charge in [0, 0.05) is 22.6 Å². The number of allylic oxidation sites excluding steroid dienone is 1. The van der Waals surface area contributed by atoms with E-state index in [1.807, 2.05) is 26.8 Å². The zero-order chi connectivity index (χ0) is 18.7. The lowest BCUT2D eigenvalue weighted by Crippen LogP contribution is -2.37. The molecule has 25 heavy (non-hydrogen) atoms. The highest BCUT2D eigenvalue weighted by atomic mass is 16.5. The van der Waals surface area contributed by atoms with Crippen LogP contribution in [0.2, 0.25) is 0 Å². The number of fused-ring (bicyclic) bond motifs is 1. The number of nitrogens with one attached hydrogen (secondary N) is 1. The molecule has 2 N–H and O–H groups in total. The standard InChI is InChI=1S/C19H23NO5/c1-6-24-17-12(4)18-15(11(3)9-25-18)8-14(17)10(2)7-16(21)20-13(5)19(22)23/h7-9,13H,6H2,1-5H3,(H,20,21)(H,22,23)/b10-7+. The van der Waals surface area contributed by atoms with Gasteiger partial charge in [-0.05, 0) is 51.8 Å². The van der Waals surface area contributed by atoms with Crippen molar-refractivity contribution >= 4 is 28.4 Å². The first-order valence-electron chi connectivity index (χ1n) is 8.12. The van der Waals surface area contributed by atoms with E-state index in [2.05, 4.69) is 5.32 Å². The van der Waals surface area contributed by atoms with E-state index in [-0.39, 0.29) is 0 Å². The fourth-order valence-corrected chi connectivity index (χ4v) is 2.65. The van der Waals surface area contributed by atoms with Crippen LogP contribution in [-0.2, 0) is 9.59 Å². The second-order valence-corrected chi connectivity index (χ2v) is 6.00. The Bertz CT molecular complexity index is 847. The van der Waals surface area contributed by atoms with Crippen LogP contribution in [0.4, 0.5) is 0 Å². The molecular formula is C19H23NO5. The molecule has 0 spiro atoms. The maximum Gasteiger partial charge on any atom is 0.325 e. The summed E-state index contributed by atoms with van der Waals surface area (Å²) in [4.78, 5) is 22.9. The second-order valence-electron chi connectivity index (χ2n) is 6.00. The number of rotatable bonds is 6. The molecule has 6 heteroatoms. The molecule has 6 nitrogen and oxygen atoms in total. The molecule has 1 heterocycles. The molecule has 134 valence electrons. The Labute approximate surface area is 146 Å². The lowest BCUT2D eigenvalue weighted by Gasteiger charge is -2.15. The van der Waals surface area contributed by atoms with Gasteiger partial charge in [0.15, 0.2) is 0 Å². The molecule has 0 radical (unpaired) electrons. The van der Waals surface area contributed by atoms with E-state index in [0.29, 0.717) is 17.9 Å². The van der Waals surface area contributed by atoms with E-state index in [9.17, 15) is 9.59 Å². The molecule has 0 saturated carbocycles. The number of benzene rings is 1. The monoisotopic (exact) mass is 345 g/mol. The molecule has 0 saturated heterocycles. The Balaban J connectivity index is 2.48. The highest BCUT2D eigenvalue weighted by Crippen LogP contribution is 2.37. The lowest BCUT2D eigenvalue weighted by atomic mass is 9.98. The van der Waals surface area contributed by atoms with Crippen LogP contribution in [0.3, 0.4) is 0 Å². The van der Waals surface area contributed by atoms with E-state index in [4.69, 9.17) is 14.3 Å². The van der Waals surface area contributed by atoms with Crippen LogP contribution in [0.25, 0.3) is 16.5 Å². The number of amides is 1. The van der Waals surface area contributed by atoms with Gasteiger partial charge >= 0.3 is 5.97 Å². The van der Waals surface area contributed by atoms with E-state index in [1.54, 1.807) is 13.2 Å². The van der Waals surface area contributed by atoms with Crippen LogP contribution in [0, 0.1) is 13.8 Å². The zero-order valence-corrected chi connectivity index (χ0v) is 15.1. The molecule has 1 unspecified atom stereocenters. The van der Waals surface area contributed by atoms with Gasteiger partial charge in [-0.1, -0.05) is 0 Å². The Kier molecular flexibility index (Phi) is 5.51. The third-order valence-electron chi connectivity index (χ3n) is 4.03. The van der Waals surface area contributed by atoms with Crippen molar-refractivity contribution in [1.29, 1.82) is 0 Å². The minimum absolute atomic E-state index is 0.462. The molecule has 0 aliphatic heterocycles. The maximum absolute atomic E-state index is 12.1. The summed E-state index contributed by atoms with van der Waals surface area (Å²) in [5.41, 5.74) is 4.11. The minimum Gasteiger partial charge on any atom is -0.493 e. The van der Waals surface area contributed by atoms with Crippen LogP contribution in [-0.4, -0.2) is 29.6 Å². The first kappa shape index (κ1) is 18.6. The number of carboxylic acid groups (broad SMARTS) is 1. The summed E-state index contributed by atoms with van der Waals surface area (Å²) in [5.74, 6) is -0.880. The number of hydrogen-bond acceptors (Lipinski definition) is 4. The number of carbonyl (C=O) groups excluding carboxylic acids is 1. The van der Waals surface area contributed by atoms with Crippen LogP contribution in [0.15, 0.2) is 22.8 Å². The van der Waals surface area contributed by atoms with Gasteiger partial charge in [-0.25, -0.2) is 0 Å². The largest absolute Gasteiger partial charge is 0.493 e. The van der Waals surface area contributed by atoms with Gasteiger partial charge in [0.1, 0.15) is 17.4 Å². The Morgan fingerprint density at radius 1 is 1.40 bits per heavy atom. The Hall–Kier alpha value is -2.76. The number of furan rings is 1. The number of hydrogen-bond donors (Lipinski definition) is 2. The normalized spacial score (nSPS) is 12.9. The Morgan fingerprint density at radius 3 is 2.68 bits per heavy atom. The molecule has 1 amide bonds. The molecule has 0 aliphatic rings. The number of carboxylic acids is 1. The third kappa shape index (κ3) is 3.84. The van der Waals surface area contributed by atoms with Gasteiger partial charge in [0.05, 0.1) is 12.9 Å². The van der Waals surface area contributed by atoms with Crippen molar-refractivity contribution < 1.29 is 23.8 Å². The summed E-state index contributed by atoms with van der Waals surface area (Å²) in [5, 5.41) is 12.3. The average molecular weight is 345 g/mol. The van der Waals surface area contributed by atoms with Crippen molar-refractivity contribution in [2.24, 2.45) is 0 Å². The fourth-order valence-electron chi connectivity index (χ4n) is 2.65. The predicted octanol–water partition coefficient (Wildman–Crippen LogP) is 3.44. The SMILES string of the molecule is CCOc1c(/C(C)=C/C(=O)NC(C)C(=O)O)cc2c(C)coc2c1C. The summed E-state index contributed by atoms with van der Waals surface area (Å²) >= 11 is 0.